The lowest BCUT2D eigenvalue weighted by Crippen LogP contribution is -2.29. The number of hydrogen-bond acceptors (Lipinski definition) is 2. The first-order valence-electron chi connectivity index (χ1n) is 4.30. The highest BCUT2D eigenvalue weighted by Gasteiger charge is 2.04. The Morgan fingerprint density at radius 2 is 1.92 bits per heavy atom. The summed E-state index contributed by atoms with van der Waals surface area (Å²) >= 11 is 0. The lowest BCUT2D eigenvalue weighted by molar-refractivity contribution is 0.742. The highest BCUT2D eigenvalue weighted by atomic mass is 35.5. The lowest BCUT2D eigenvalue weighted by atomic mass is 10.2. The van der Waals surface area contributed by atoms with Gasteiger partial charge in [0.1, 0.15) is 5.84 Å². The van der Waals surface area contributed by atoms with E-state index in [0.29, 0.717) is 0 Å². The third-order valence-corrected chi connectivity index (χ3v) is 1.94. The minimum Gasteiger partial charge on any atom is -0.370 e. The van der Waals surface area contributed by atoms with E-state index in [1.807, 2.05) is 18.2 Å². The maximum Gasteiger partial charge on any atom is 0.128 e. The minimum absolute atomic E-state index is 0. The molecule has 0 radical (unpaired) electrons. The normalized spacial score (nSPS) is 15.2. The number of nitrogens with zero attached hydrogens (tertiary/aromatic N) is 1. The van der Waals surface area contributed by atoms with Crippen LogP contribution in [0.25, 0.3) is 0 Å². The van der Waals surface area contributed by atoms with Gasteiger partial charge >= 0.3 is 0 Å². The number of amidine groups is 1. The molecule has 13 heavy (non-hydrogen) atoms. The number of rotatable bonds is 1. The van der Waals surface area contributed by atoms with Gasteiger partial charge in [-0.2, -0.15) is 0 Å². The number of nitrogens with one attached hydrogen (secondary N) is 1. The van der Waals surface area contributed by atoms with Crippen LogP contribution in [0.2, 0.25) is 0 Å². The number of aliphatic imine (C=N–C) groups is 1. The zero-order valence-electron chi connectivity index (χ0n) is 7.36. The highest BCUT2D eigenvalue weighted by Crippen LogP contribution is 2.02. The summed E-state index contributed by atoms with van der Waals surface area (Å²) in [6, 6.07) is 10.3. The van der Waals surface area contributed by atoms with Gasteiger partial charge in [0.2, 0.25) is 0 Å². The molecule has 0 aromatic heterocycles. The summed E-state index contributed by atoms with van der Waals surface area (Å²) in [5, 5.41) is 3.29. The first kappa shape index (κ1) is 10.1. The Bertz CT molecular complexity index is 282. The van der Waals surface area contributed by atoms with Crippen LogP contribution in [0.5, 0.6) is 0 Å². The molecule has 0 amide bonds. The maximum atomic E-state index is 4.41. The van der Waals surface area contributed by atoms with Crippen molar-refractivity contribution >= 4 is 18.2 Å². The van der Waals surface area contributed by atoms with Crippen molar-refractivity contribution in [2.24, 2.45) is 4.99 Å². The highest BCUT2D eigenvalue weighted by molar-refractivity contribution is 5.98. The molecule has 3 heteroatoms. The van der Waals surface area contributed by atoms with Crippen LogP contribution in [-0.4, -0.2) is 18.9 Å². The van der Waals surface area contributed by atoms with E-state index >= 15 is 0 Å². The standard InChI is InChI=1S/C10H12N2.ClH/c1-2-5-9(6-3-1)10-11-7-4-8-12-10;/h1-3,5-6H,4,7-8H2,(H,11,12);1H. The van der Waals surface area contributed by atoms with Gasteiger partial charge in [0, 0.05) is 18.7 Å². The smallest absolute Gasteiger partial charge is 0.128 e. The average Bonchev–Trinajstić information content (AvgIpc) is 2.21. The van der Waals surface area contributed by atoms with Crippen molar-refractivity contribution in [2.75, 3.05) is 13.1 Å². The summed E-state index contributed by atoms with van der Waals surface area (Å²) in [5.74, 6) is 1.04. The molecule has 0 spiro atoms. The minimum atomic E-state index is 0. The van der Waals surface area contributed by atoms with E-state index in [9.17, 15) is 0 Å². The number of hydrogen-bond donors (Lipinski definition) is 1. The van der Waals surface area contributed by atoms with Gasteiger partial charge in [0.15, 0.2) is 0 Å². The predicted molar refractivity (Wildman–Crippen MR) is 57.7 cm³/mol. The molecule has 1 heterocycles. The SMILES string of the molecule is Cl.c1ccc(C2=NCCCN2)cc1. The molecule has 0 fully saturated rings. The second-order valence-electron chi connectivity index (χ2n) is 2.88. The molecule has 0 saturated carbocycles. The molecule has 0 unspecified atom stereocenters. The van der Waals surface area contributed by atoms with Crippen LogP contribution in [0.3, 0.4) is 0 Å². The average molecular weight is 197 g/mol. The largest absolute Gasteiger partial charge is 0.370 e. The predicted octanol–water partition coefficient (Wildman–Crippen LogP) is 1.85. The summed E-state index contributed by atoms with van der Waals surface area (Å²) in [6.45, 7) is 2.00. The molecule has 70 valence electrons. The van der Waals surface area contributed by atoms with E-state index in [4.69, 9.17) is 0 Å². The molecule has 1 aliphatic heterocycles. The van der Waals surface area contributed by atoms with Crippen LogP contribution in [0, 0.1) is 0 Å². The van der Waals surface area contributed by atoms with Crippen LogP contribution in [0.15, 0.2) is 35.3 Å². The topological polar surface area (TPSA) is 24.4 Å². The van der Waals surface area contributed by atoms with E-state index in [1.165, 1.54) is 5.56 Å². The Morgan fingerprint density at radius 1 is 1.15 bits per heavy atom. The lowest BCUT2D eigenvalue weighted by Gasteiger charge is -2.14. The van der Waals surface area contributed by atoms with Gasteiger partial charge in [0.05, 0.1) is 0 Å². The van der Waals surface area contributed by atoms with Crippen molar-refractivity contribution in [3.8, 4) is 0 Å². The fraction of sp³-hybridized carbons (Fsp3) is 0.300. The number of halogens is 1. The van der Waals surface area contributed by atoms with Gasteiger partial charge in [-0.1, -0.05) is 30.3 Å². The van der Waals surface area contributed by atoms with Crippen LogP contribution >= 0.6 is 12.4 Å². The second-order valence-corrected chi connectivity index (χ2v) is 2.88. The second kappa shape index (κ2) is 4.87. The summed E-state index contributed by atoms with van der Waals surface area (Å²) in [7, 11) is 0. The van der Waals surface area contributed by atoms with Gasteiger partial charge in [-0.25, -0.2) is 0 Å². The van der Waals surface area contributed by atoms with Gasteiger partial charge < -0.3 is 5.32 Å². The molecular weight excluding hydrogens is 184 g/mol. The van der Waals surface area contributed by atoms with Crippen LogP contribution in [-0.2, 0) is 0 Å². The zero-order chi connectivity index (χ0) is 8.23. The van der Waals surface area contributed by atoms with Crippen molar-refractivity contribution in [3.63, 3.8) is 0 Å². The van der Waals surface area contributed by atoms with Crippen molar-refractivity contribution in [1.29, 1.82) is 0 Å². The van der Waals surface area contributed by atoms with E-state index in [2.05, 4.69) is 22.4 Å². The molecule has 2 rings (SSSR count). The Balaban J connectivity index is 0.000000845. The van der Waals surface area contributed by atoms with Crippen LogP contribution in [0.1, 0.15) is 12.0 Å². The Hall–Kier alpha value is -1.02. The summed E-state index contributed by atoms with van der Waals surface area (Å²) in [6.07, 6.45) is 1.15. The Kier molecular flexibility index (Phi) is 3.77. The molecule has 0 aliphatic carbocycles. The zero-order valence-corrected chi connectivity index (χ0v) is 8.18. The van der Waals surface area contributed by atoms with Gasteiger partial charge in [-0.15, -0.1) is 12.4 Å². The Labute approximate surface area is 84.5 Å². The van der Waals surface area contributed by atoms with E-state index < -0.39 is 0 Å². The monoisotopic (exact) mass is 196 g/mol. The molecule has 1 aromatic rings. The molecule has 0 bridgehead atoms. The maximum absolute atomic E-state index is 4.41. The molecule has 0 atom stereocenters. The molecule has 1 N–H and O–H groups in total. The first-order chi connectivity index (χ1) is 5.97. The summed E-state index contributed by atoms with van der Waals surface area (Å²) in [4.78, 5) is 4.41. The van der Waals surface area contributed by atoms with Crippen molar-refractivity contribution in [2.45, 2.75) is 6.42 Å². The summed E-state index contributed by atoms with van der Waals surface area (Å²) < 4.78 is 0. The quantitative estimate of drug-likeness (QED) is 0.729. The first-order valence-corrected chi connectivity index (χ1v) is 4.30. The van der Waals surface area contributed by atoms with Gasteiger partial charge in [-0.3, -0.25) is 4.99 Å². The molecule has 1 aromatic carbocycles. The van der Waals surface area contributed by atoms with E-state index in [1.54, 1.807) is 0 Å². The molecule has 1 aliphatic rings. The Morgan fingerprint density at radius 3 is 2.54 bits per heavy atom. The van der Waals surface area contributed by atoms with Crippen molar-refractivity contribution in [1.82, 2.24) is 5.32 Å². The van der Waals surface area contributed by atoms with E-state index in [0.717, 1.165) is 25.3 Å². The van der Waals surface area contributed by atoms with Gasteiger partial charge in [0.25, 0.3) is 0 Å². The third-order valence-electron chi connectivity index (χ3n) is 1.94. The van der Waals surface area contributed by atoms with Crippen molar-refractivity contribution < 1.29 is 0 Å². The van der Waals surface area contributed by atoms with Gasteiger partial charge in [-0.05, 0) is 6.42 Å². The molecule has 2 nitrogen and oxygen atoms in total. The van der Waals surface area contributed by atoms with E-state index in [-0.39, 0.29) is 12.4 Å². The van der Waals surface area contributed by atoms with Crippen LogP contribution < -0.4 is 5.32 Å². The van der Waals surface area contributed by atoms with Crippen LogP contribution in [0.4, 0.5) is 0 Å². The fourth-order valence-corrected chi connectivity index (χ4v) is 1.32. The summed E-state index contributed by atoms with van der Waals surface area (Å²) in [5.41, 5.74) is 1.19. The molecule has 0 saturated heterocycles. The number of benzene rings is 1. The third kappa shape index (κ3) is 2.46. The molecular formula is C10H13ClN2. The fourth-order valence-electron chi connectivity index (χ4n) is 1.32. The van der Waals surface area contributed by atoms with Crippen molar-refractivity contribution in [3.05, 3.63) is 35.9 Å².